The van der Waals surface area contributed by atoms with E-state index in [1.54, 1.807) is 0 Å². The van der Waals surface area contributed by atoms with Crippen LogP contribution in [0.4, 0.5) is 0 Å². The monoisotopic (exact) mass is 322 g/mol. The van der Waals surface area contributed by atoms with E-state index in [9.17, 15) is 0 Å². The van der Waals surface area contributed by atoms with E-state index < -0.39 is 0 Å². The predicted molar refractivity (Wildman–Crippen MR) is 101 cm³/mol. The minimum atomic E-state index is 0.485. The minimum Gasteiger partial charge on any atom is -0.261 e. The highest BCUT2D eigenvalue weighted by Crippen LogP contribution is 2.54. The molecule has 2 aromatic heterocycles. The predicted octanol–water partition coefficient (Wildman–Crippen LogP) is 5.61. The lowest BCUT2D eigenvalue weighted by Crippen LogP contribution is -2.06. The number of nitrogens with zero attached hydrogens (tertiary/aromatic N) is 2. The molecule has 0 aromatic carbocycles. The molecule has 1 saturated carbocycles. The normalized spacial score (nSPS) is 19.8. The summed E-state index contributed by atoms with van der Waals surface area (Å²) in [4.78, 5) is 9.83. The number of hydrogen-bond acceptors (Lipinski definition) is 2. The third-order valence-electron chi connectivity index (χ3n) is 5.50. The number of aromatic nitrogens is 2. The van der Waals surface area contributed by atoms with Crippen molar-refractivity contribution < 1.29 is 0 Å². The summed E-state index contributed by atoms with van der Waals surface area (Å²) in [5.74, 6) is 1.59. The summed E-state index contributed by atoms with van der Waals surface area (Å²) in [5.41, 5.74) is 9.55. The van der Waals surface area contributed by atoms with Crippen molar-refractivity contribution in [2.24, 2.45) is 0 Å². The Labute approximate surface area is 146 Å². The molecule has 3 rings (SSSR count). The van der Waals surface area contributed by atoms with Crippen LogP contribution in [0.5, 0.6) is 0 Å². The Balaban J connectivity index is 1.95. The highest BCUT2D eigenvalue weighted by Gasteiger charge is 2.43. The first-order valence-electron chi connectivity index (χ1n) is 9.42. The van der Waals surface area contributed by atoms with Gasteiger partial charge in [0, 0.05) is 35.1 Å². The van der Waals surface area contributed by atoms with E-state index in [0.29, 0.717) is 17.8 Å². The van der Waals surface area contributed by atoms with Crippen molar-refractivity contribution in [1.29, 1.82) is 0 Å². The van der Waals surface area contributed by atoms with Crippen LogP contribution < -0.4 is 0 Å². The van der Waals surface area contributed by atoms with E-state index >= 15 is 0 Å². The topological polar surface area (TPSA) is 25.8 Å². The Hall–Kier alpha value is -1.70. The molecule has 0 saturated heterocycles. The fraction of sp³-hybridized carbons (Fsp3) is 0.545. The second-order valence-electron chi connectivity index (χ2n) is 7.53. The summed E-state index contributed by atoms with van der Waals surface area (Å²) in [5, 5.41) is 0. The van der Waals surface area contributed by atoms with Gasteiger partial charge in [-0.25, -0.2) is 0 Å². The van der Waals surface area contributed by atoms with E-state index in [1.165, 1.54) is 45.8 Å². The SMILES string of the molecule is CCc1c(C)cc(C2CC2c2nccc(C)c2CC)nc1C(C)C. The molecule has 0 aliphatic heterocycles. The van der Waals surface area contributed by atoms with Gasteiger partial charge in [-0.05, 0) is 73.4 Å². The number of rotatable bonds is 5. The number of aryl methyl sites for hydroxylation is 2. The molecule has 2 heteroatoms. The standard InChI is InChI=1S/C22H30N2/c1-7-16-14(5)9-10-23-22(16)19-12-18(19)20-11-15(6)17(8-2)21(24-20)13(3)4/h9-11,13,18-19H,7-8,12H2,1-6H3. The lowest BCUT2D eigenvalue weighted by atomic mass is 9.95. The van der Waals surface area contributed by atoms with Gasteiger partial charge in [-0.2, -0.15) is 0 Å². The lowest BCUT2D eigenvalue weighted by molar-refractivity contribution is 0.773. The zero-order chi connectivity index (χ0) is 17.4. The zero-order valence-corrected chi connectivity index (χ0v) is 16.0. The molecular formula is C22H30N2. The first-order valence-corrected chi connectivity index (χ1v) is 9.42. The average molecular weight is 322 g/mol. The van der Waals surface area contributed by atoms with Crippen LogP contribution in [0, 0.1) is 13.8 Å². The quantitative estimate of drug-likeness (QED) is 0.714. The zero-order valence-electron chi connectivity index (χ0n) is 16.0. The molecule has 2 atom stereocenters. The van der Waals surface area contributed by atoms with E-state index in [2.05, 4.69) is 53.7 Å². The number of pyridine rings is 2. The van der Waals surface area contributed by atoms with Gasteiger partial charge in [0.2, 0.25) is 0 Å². The van der Waals surface area contributed by atoms with Crippen molar-refractivity contribution in [1.82, 2.24) is 9.97 Å². The largest absolute Gasteiger partial charge is 0.261 e. The van der Waals surface area contributed by atoms with Gasteiger partial charge in [0.15, 0.2) is 0 Å². The average Bonchev–Trinajstić information content (AvgIpc) is 3.34. The summed E-state index contributed by atoms with van der Waals surface area (Å²) in [6.07, 6.45) is 5.30. The Kier molecular flexibility index (Phi) is 4.76. The second kappa shape index (κ2) is 6.66. The van der Waals surface area contributed by atoms with Crippen molar-refractivity contribution in [2.75, 3.05) is 0 Å². The molecule has 2 nitrogen and oxygen atoms in total. The molecule has 2 aromatic rings. The van der Waals surface area contributed by atoms with Crippen LogP contribution in [0.15, 0.2) is 18.3 Å². The second-order valence-corrected chi connectivity index (χ2v) is 7.53. The maximum atomic E-state index is 5.09. The van der Waals surface area contributed by atoms with Crippen LogP contribution in [0.2, 0.25) is 0 Å². The number of hydrogen-bond donors (Lipinski definition) is 0. The molecule has 2 unspecified atom stereocenters. The Bertz CT molecular complexity index is 746. The Morgan fingerprint density at radius 2 is 1.75 bits per heavy atom. The van der Waals surface area contributed by atoms with Crippen LogP contribution in [-0.4, -0.2) is 9.97 Å². The maximum absolute atomic E-state index is 5.09. The smallest absolute Gasteiger partial charge is 0.0475 e. The van der Waals surface area contributed by atoms with Crippen molar-refractivity contribution in [3.05, 3.63) is 57.7 Å². The van der Waals surface area contributed by atoms with Gasteiger partial charge < -0.3 is 0 Å². The minimum absolute atomic E-state index is 0.485. The fourth-order valence-corrected chi connectivity index (χ4v) is 4.09. The molecule has 128 valence electrons. The molecule has 2 heterocycles. The maximum Gasteiger partial charge on any atom is 0.0475 e. The summed E-state index contributed by atoms with van der Waals surface area (Å²) in [6, 6.07) is 4.46. The summed E-state index contributed by atoms with van der Waals surface area (Å²) >= 11 is 0. The molecular weight excluding hydrogens is 292 g/mol. The molecule has 1 fully saturated rings. The molecule has 0 N–H and O–H groups in total. The molecule has 1 aliphatic carbocycles. The van der Waals surface area contributed by atoms with Crippen LogP contribution in [0.25, 0.3) is 0 Å². The van der Waals surface area contributed by atoms with Crippen molar-refractivity contribution in [3.63, 3.8) is 0 Å². The van der Waals surface area contributed by atoms with E-state index in [4.69, 9.17) is 9.97 Å². The Morgan fingerprint density at radius 1 is 1.04 bits per heavy atom. The summed E-state index contributed by atoms with van der Waals surface area (Å²) in [6.45, 7) is 13.4. The highest BCUT2D eigenvalue weighted by molar-refractivity contribution is 5.41. The molecule has 0 amide bonds. The first-order chi connectivity index (χ1) is 11.5. The summed E-state index contributed by atoms with van der Waals surface area (Å²) in [7, 11) is 0. The molecule has 0 spiro atoms. The molecule has 0 radical (unpaired) electrons. The Morgan fingerprint density at radius 3 is 2.38 bits per heavy atom. The van der Waals surface area contributed by atoms with Crippen molar-refractivity contribution in [2.45, 2.75) is 78.6 Å². The summed E-state index contributed by atoms with van der Waals surface area (Å²) < 4.78 is 0. The first kappa shape index (κ1) is 17.1. The fourth-order valence-electron chi connectivity index (χ4n) is 4.09. The van der Waals surface area contributed by atoms with Gasteiger partial charge in [0.25, 0.3) is 0 Å². The van der Waals surface area contributed by atoms with Gasteiger partial charge in [0.05, 0.1) is 0 Å². The van der Waals surface area contributed by atoms with Gasteiger partial charge in [-0.3, -0.25) is 9.97 Å². The van der Waals surface area contributed by atoms with Gasteiger partial charge >= 0.3 is 0 Å². The molecule has 24 heavy (non-hydrogen) atoms. The van der Waals surface area contributed by atoms with Crippen LogP contribution >= 0.6 is 0 Å². The van der Waals surface area contributed by atoms with Crippen molar-refractivity contribution >= 4 is 0 Å². The third kappa shape index (κ3) is 2.99. The molecule has 0 bridgehead atoms. The third-order valence-corrected chi connectivity index (χ3v) is 5.50. The van der Waals surface area contributed by atoms with Crippen LogP contribution in [-0.2, 0) is 12.8 Å². The molecule has 1 aliphatic rings. The van der Waals surface area contributed by atoms with Crippen LogP contribution in [0.1, 0.15) is 91.2 Å². The lowest BCUT2D eigenvalue weighted by Gasteiger charge is -2.16. The van der Waals surface area contributed by atoms with Crippen molar-refractivity contribution in [3.8, 4) is 0 Å². The van der Waals surface area contributed by atoms with E-state index in [1.807, 2.05) is 6.20 Å². The van der Waals surface area contributed by atoms with Crippen LogP contribution in [0.3, 0.4) is 0 Å². The highest BCUT2D eigenvalue weighted by atomic mass is 14.8. The van der Waals surface area contributed by atoms with E-state index in [-0.39, 0.29) is 0 Å². The van der Waals surface area contributed by atoms with Gasteiger partial charge in [0.1, 0.15) is 0 Å². The van der Waals surface area contributed by atoms with Gasteiger partial charge in [-0.1, -0.05) is 27.7 Å². The van der Waals surface area contributed by atoms with E-state index in [0.717, 1.165) is 12.8 Å². The van der Waals surface area contributed by atoms with Gasteiger partial charge in [-0.15, -0.1) is 0 Å².